The van der Waals surface area contributed by atoms with Crippen molar-refractivity contribution in [2.24, 2.45) is 5.92 Å². The zero-order valence-corrected chi connectivity index (χ0v) is 12.6. The number of rotatable bonds is 4. The van der Waals surface area contributed by atoms with Crippen LogP contribution in [0.2, 0.25) is 0 Å². The molecule has 2 nitrogen and oxygen atoms in total. The van der Waals surface area contributed by atoms with Crippen LogP contribution in [0.4, 0.5) is 0 Å². The Morgan fingerprint density at radius 2 is 1.89 bits per heavy atom. The minimum absolute atomic E-state index is 0.700. The number of nitrogens with one attached hydrogen (secondary N) is 1. The van der Waals surface area contributed by atoms with E-state index in [0.29, 0.717) is 6.04 Å². The van der Waals surface area contributed by atoms with Gasteiger partial charge in [0.25, 0.3) is 0 Å². The number of hydrogen-bond donors (Lipinski definition) is 1. The predicted molar refractivity (Wildman–Crippen MR) is 78.9 cm³/mol. The summed E-state index contributed by atoms with van der Waals surface area (Å²) in [4.78, 5) is 2.79. The zero-order valence-electron chi connectivity index (χ0n) is 12.6. The molecule has 2 rings (SSSR count). The molecule has 0 aromatic heterocycles. The largest absolute Gasteiger partial charge is 0.313 e. The van der Waals surface area contributed by atoms with Crippen molar-refractivity contribution >= 4 is 0 Å². The Bertz CT molecular complexity index is 233. The van der Waals surface area contributed by atoms with Crippen LogP contribution in [0.3, 0.4) is 0 Å². The van der Waals surface area contributed by atoms with Gasteiger partial charge in [0.15, 0.2) is 0 Å². The third-order valence-corrected chi connectivity index (χ3v) is 4.95. The Balaban J connectivity index is 1.90. The second-order valence-electron chi connectivity index (χ2n) is 6.85. The summed E-state index contributed by atoms with van der Waals surface area (Å²) in [6.07, 6.45) is 9.93. The summed E-state index contributed by atoms with van der Waals surface area (Å²) in [7, 11) is 0. The maximum absolute atomic E-state index is 3.66. The maximum Gasteiger partial charge on any atom is 0.0195 e. The van der Waals surface area contributed by atoms with Crippen molar-refractivity contribution in [3.05, 3.63) is 0 Å². The molecular formula is C16H32N2. The molecule has 0 aromatic carbocycles. The molecule has 0 aromatic rings. The Kier molecular flexibility index (Phi) is 5.50. The lowest BCUT2D eigenvalue weighted by atomic mass is 10.0. The van der Waals surface area contributed by atoms with Crippen molar-refractivity contribution in [1.82, 2.24) is 10.2 Å². The molecule has 3 unspecified atom stereocenters. The van der Waals surface area contributed by atoms with Gasteiger partial charge in [0.1, 0.15) is 0 Å². The third kappa shape index (κ3) is 3.96. The molecule has 1 heterocycles. The van der Waals surface area contributed by atoms with Crippen molar-refractivity contribution in [2.45, 2.75) is 83.8 Å². The van der Waals surface area contributed by atoms with Crippen LogP contribution in [0.15, 0.2) is 0 Å². The predicted octanol–water partition coefficient (Wildman–Crippen LogP) is 3.42. The first-order valence-corrected chi connectivity index (χ1v) is 8.16. The first kappa shape index (κ1) is 14.3. The van der Waals surface area contributed by atoms with Gasteiger partial charge >= 0.3 is 0 Å². The van der Waals surface area contributed by atoms with Gasteiger partial charge in [0.2, 0.25) is 0 Å². The average Bonchev–Trinajstić information content (AvgIpc) is 2.75. The van der Waals surface area contributed by atoms with Crippen LogP contribution < -0.4 is 5.32 Å². The van der Waals surface area contributed by atoms with Gasteiger partial charge in [-0.3, -0.25) is 4.90 Å². The molecule has 1 aliphatic carbocycles. The molecule has 2 heteroatoms. The van der Waals surface area contributed by atoms with Gasteiger partial charge in [0.05, 0.1) is 0 Å². The second kappa shape index (κ2) is 6.91. The molecule has 1 saturated heterocycles. The van der Waals surface area contributed by atoms with Gasteiger partial charge in [-0.15, -0.1) is 0 Å². The number of hydrogen-bond acceptors (Lipinski definition) is 2. The molecule has 1 N–H and O–H groups in total. The van der Waals surface area contributed by atoms with E-state index < -0.39 is 0 Å². The smallest absolute Gasteiger partial charge is 0.0195 e. The molecule has 18 heavy (non-hydrogen) atoms. The second-order valence-corrected chi connectivity index (χ2v) is 6.85. The highest BCUT2D eigenvalue weighted by Gasteiger charge is 2.27. The molecule has 2 aliphatic rings. The summed E-state index contributed by atoms with van der Waals surface area (Å²) in [5.41, 5.74) is 0. The van der Waals surface area contributed by atoms with E-state index in [0.717, 1.165) is 18.0 Å². The molecule has 2 fully saturated rings. The van der Waals surface area contributed by atoms with Crippen molar-refractivity contribution in [1.29, 1.82) is 0 Å². The standard InChI is InChI=1S/C16H32N2/c1-13(2)18(12-15-7-5-11-17-15)16-8-4-6-14(3)9-10-16/h13-17H,4-12H2,1-3H3. The number of nitrogens with zero attached hydrogens (tertiary/aromatic N) is 1. The third-order valence-electron chi connectivity index (χ3n) is 4.95. The van der Waals surface area contributed by atoms with E-state index in [1.165, 1.54) is 58.0 Å². The van der Waals surface area contributed by atoms with Crippen LogP contribution in [0.5, 0.6) is 0 Å². The van der Waals surface area contributed by atoms with Crippen molar-refractivity contribution in [2.75, 3.05) is 13.1 Å². The first-order valence-electron chi connectivity index (χ1n) is 8.16. The maximum atomic E-state index is 3.66. The SMILES string of the molecule is CC1CCCC(N(CC2CCCN2)C(C)C)CC1. The summed E-state index contributed by atoms with van der Waals surface area (Å²) in [6.45, 7) is 9.70. The highest BCUT2D eigenvalue weighted by atomic mass is 15.2. The van der Waals surface area contributed by atoms with Gasteiger partial charge in [0, 0.05) is 24.7 Å². The van der Waals surface area contributed by atoms with E-state index in [2.05, 4.69) is 31.0 Å². The minimum Gasteiger partial charge on any atom is -0.313 e. The van der Waals surface area contributed by atoms with Crippen LogP contribution in [0.25, 0.3) is 0 Å². The van der Waals surface area contributed by atoms with E-state index in [4.69, 9.17) is 0 Å². The normalized spacial score (nSPS) is 34.2. The Labute approximate surface area is 114 Å². The van der Waals surface area contributed by atoms with Crippen molar-refractivity contribution < 1.29 is 0 Å². The fourth-order valence-corrected chi connectivity index (χ4v) is 3.75. The van der Waals surface area contributed by atoms with Gasteiger partial charge < -0.3 is 5.32 Å². The molecular weight excluding hydrogens is 220 g/mol. The highest BCUT2D eigenvalue weighted by molar-refractivity contribution is 4.84. The first-order chi connectivity index (χ1) is 8.66. The molecule has 3 atom stereocenters. The fourth-order valence-electron chi connectivity index (χ4n) is 3.75. The summed E-state index contributed by atoms with van der Waals surface area (Å²) >= 11 is 0. The lowest BCUT2D eigenvalue weighted by molar-refractivity contribution is 0.126. The molecule has 106 valence electrons. The quantitative estimate of drug-likeness (QED) is 0.771. The molecule has 0 amide bonds. The Morgan fingerprint density at radius 1 is 1.06 bits per heavy atom. The van der Waals surface area contributed by atoms with Crippen LogP contribution in [-0.4, -0.2) is 36.1 Å². The van der Waals surface area contributed by atoms with E-state index in [9.17, 15) is 0 Å². The average molecular weight is 252 g/mol. The van der Waals surface area contributed by atoms with E-state index in [1.807, 2.05) is 0 Å². The van der Waals surface area contributed by atoms with Crippen molar-refractivity contribution in [3.8, 4) is 0 Å². The van der Waals surface area contributed by atoms with E-state index in [-0.39, 0.29) is 0 Å². The summed E-state index contributed by atoms with van der Waals surface area (Å²) < 4.78 is 0. The molecule has 0 spiro atoms. The zero-order chi connectivity index (χ0) is 13.0. The summed E-state index contributed by atoms with van der Waals surface area (Å²) in [5.74, 6) is 0.952. The van der Waals surface area contributed by atoms with E-state index >= 15 is 0 Å². The minimum atomic E-state index is 0.700. The molecule has 1 saturated carbocycles. The van der Waals surface area contributed by atoms with Gasteiger partial charge in [-0.1, -0.05) is 19.8 Å². The monoisotopic (exact) mass is 252 g/mol. The molecule has 1 aliphatic heterocycles. The van der Waals surface area contributed by atoms with Crippen molar-refractivity contribution in [3.63, 3.8) is 0 Å². The lowest BCUT2D eigenvalue weighted by Gasteiger charge is -2.36. The molecule has 0 bridgehead atoms. The van der Waals surface area contributed by atoms with Gasteiger partial charge in [-0.25, -0.2) is 0 Å². The van der Waals surface area contributed by atoms with Crippen LogP contribution in [-0.2, 0) is 0 Å². The topological polar surface area (TPSA) is 15.3 Å². The van der Waals surface area contributed by atoms with Gasteiger partial charge in [-0.05, 0) is 58.4 Å². The summed E-state index contributed by atoms with van der Waals surface area (Å²) in [6, 6.07) is 2.30. The van der Waals surface area contributed by atoms with Crippen LogP contribution in [0, 0.1) is 5.92 Å². The van der Waals surface area contributed by atoms with E-state index in [1.54, 1.807) is 0 Å². The Hall–Kier alpha value is -0.0800. The van der Waals surface area contributed by atoms with Crippen LogP contribution >= 0.6 is 0 Å². The summed E-state index contributed by atoms with van der Waals surface area (Å²) in [5, 5.41) is 3.66. The molecule has 0 radical (unpaired) electrons. The van der Waals surface area contributed by atoms with Gasteiger partial charge in [-0.2, -0.15) is 0 Å². The lowest BCUT2D eigenvalue weighted by Crippen LogP contribution is -2.46. The highest BCUT2D eigenvalue weighted by Crippen LogP contribution is 2.27. The fraction of sp³-hybridized carbons (Fsp3) is 1.00. The Morgan fingerprint density at radius 3 is 2.56 bits per heavy atom. The van der Waals surface area contributed by atoms with Crippen LogP contribution in [0.1, 0.15) is 65.7 Å².